The lowest BCUT2D eigenvalue weighted by atomic mass is 9.80. The zero-order chi connectivity index (χ0) is 15.2. The highest BCUT2D eigenvalue weighted by molar-refractivity contribution is 9.10. The fourth-order valence-electron chi connectivity index (χ4n) is 2.62. The molecule has 2 rings (SSSR count). The van der Waals surface area contributed by atoms with Crippen LogP contribution in [0.2, 0.25) is 0 Å². The number of carbonyl (C=O) groups is 2. The Morgan fingerprint density at radius 1 is 1.33 bits per heavy atom. The second kappa shape index (κ2) is 7.55. The van der Waals surface area contributed by atoms with Crippen molar-refractivity contribution in [2.45, 2.75) is 26.2 Å². The van der Waals surface area contributed by atoms with E-state index in [1.54, 1.807) is 19.1 Å². The number of esters is 1. The number of Topliss-reactive ketones (excluding diaryl/α,β-unsaturated/α-hetero) is 1. The molecule has 0 saturated heterocycles. The highest BCUT2D eigenvalue weighted by Gasteiger charge is 2.35. The first-order chi connectivity index (χ1) is 10.1. The quantitative estimate of drug-likeness (QED) is 0.346. The molecule has 1 aliphatic carbocycles. The van der Waals surface area contributed by atoms with Gasteiger partial charge in [0.25, 0.3) is 0 Å². The van der Waals surface area contributed by atoms with E-state index in [0.717, 1.165) is 23.7 Å². The standard InChI is InChI=1S/C17H19BrO3/c1-2-21-17(20)15(12-6-4-3-5-7-12)16(19)13-8-10-14(18)11-9-13/h4,6,8-12,15H,2-3,5,7H2,1H3. The lowest BCUT2D eigenvalue weighted by Crippen LogP contribution is -2.33. The van der Waals surface area contributed by atoms with Crippen molar-refractivity contribution in [3.05, 3.63) is 46.5 Å². The minimum atomic E-state index is -0.734. The molecule has 0 heterocycles. The van der Waals surface area contributed by atoms with Crippen LogP contribution in [0.3, 0.4) is 0 Å². The van der Waals surface area contributed by atoms with Gasteiger partial charge in [-0.25, -0.2) is 0 Å². The Labute approximate surface area is 133 Å². The Hall–Kier alpha value is -1.42. The Bertz CT molecular complexity index is 533. The summed E-state index contributed by atoms with van der Waals surface area (Å²) >= 11 is 3.35. The summed E-state index contributed by atoms with van der Waals surface area (Å²) in [4.78, 5) is 25.0. The predicted octanol–water partition coefficient (Wildman–Crippen LogP) is 4.17. The summed E-state index contributed by atoms with van der Waals surface area (Å²) in [5.74, 6) is -1.36. The second-order valence-electron chi connectivity index (χ2n) is 5.12. The zero-order valence-electron chi connectivity index (χ0n) is 12.0. The summed E-state index contributed by atoms with van der Waals surface area (Å²) in [6, 6.07) is 7.11. The molecule has 0 radical (unpaired) electrons. The van der Waals surface area contributed by atoms with Gasteiger partial charge in [0.15, 0.2) is 5.78 Å². The van der Waals surface area contributed by atoms with Gasteiger partial charge in [0, 0.05) is 10.0 Å². The van der Waals surface area contributed by atoms with Crippen molar-refractivity contribution in [2.75, 3.05) is 6.61 Å². The van der Waals surface area contributed by atoms with E-state index < -0.39 is 11.9 Å². The molecule has 0 spiro atoms. The van der Waals surface area contributed by atoms with E-state index in [0.29, 0.717) is 12.2 Å². The van der Waals surface area contributed by atoms with Gasteiger partial charge in [-0.2, -0.15) is 0 Å². The van der Waals surface area contributed by atoms with Crippen molar-refractivity contribution < 1.29 is 14.3 Å². The Morgan fingerprint density at radius 2 is 2.05 bits per heavy atom. The number of hydrogen-bond donors (Lipinski definition) is 0. The molecular formula is C17H19BrO3. The highest BCUT2D eigenvalue weighted by atomic mass is 79.9. The van der Waals surface area contributed by atoms with Crippen molar-refractivity contribution in [2.24, 2.45) is 11.8 Å². The van der Waals surface area contributed by atoms with Gasteiger partial charge in [-0.3, -0.25) is 9.59 Å². The monoisotopic (exact) mass is 350 g/mol. The Morgan fingerprint density at radius 3 is 2.62 bits per heavy atom. The van der Waals surface area contributed by atoms with Gasteiger partial charge in [-0.15, -0.1) is 0 Å². The zero-order valence-corrected chi connectivity index (χ0v) is 13.6. The molecule has 21 heavy (non-hydrogen) atoms. The Balaban J connectivity index is 2.27. The number of benzene rings is 1. The average molecular weight is 351 g/mol. The maximum atomic E-state index is 12.7. The number of halogens is 1. The molecule has 2 unspecified atom stereocenters. The first-order valence-corrected chi connectivity index (χ1v) is 8.06. The summed E-state index contributed by atoms with van der Waals surface area (Å²) in [6.45, 7) is 2.05. The first-order valence-electron chi connectivity index (χ1n) is 7.26. The van der Waals surface area contributed by atoms with Gasteiger partial charge in [0.1, 0.15) is 5.92 Å². The normalized spacial score (nSPS) is 19.0. The van der Waals surface area contributed by atoms with Crippen LogP contribution in [0.4, 0.5) is 0 Å². The lowest BCUT2D eigenvalue weighted by Gasteiger charge is -2.24. The molecule has 0 N–H and O–H groups in total. The van der Waals surface area contributed by atoms with Crippen molar-refractivity contribution in [3.63, 3.8) is 0 Å². The van der Waals surface area contributed by atoms with Gasteiger partial charge < -0.3 is 4.74 Å². The topological polar surface area (TPSA) is 43.4 Å². The van der Waals surface area contributed by atoms with E-state index in [-0.39, 0.29) is 11.7 Å². The number of ketones is 1. The molecule has 3 nitrogen and oxygen atoms in total. The molecule has 0 amide bonds. The molecule has 2 atom stereocenters. The van der Waals surface area contributed by atoms with Gasteiger partial charge in [-0.1, -0.05) is 40.2 Å². The van der Waals surface area contributed by atoms with Crippen LogP contribution < -0.4 is 0 Å². The van der Waals surface area contributed by atoms with Crippen LogP contribution in [-0.4, -0.2) is 18.4 Å². The van der Waals surface area contributed by atoms with Crippen molar-refractivity contribution in [1.82, 2.24) is 0 Å². The molecule has 0 saturated carbocycles. The van der Waals surface area contributed by atoms with Crippen molar-refractivity contribution in [1.29, 1.82) is 0 Å². The van der Waals surface area contributed by atoms with Crippen molar-refractivity contribution in [3.8, 4) is 0 Å². The number of carbonyl (C=O) groups excluding carboxylic acids is 2. The minimum absolute atomic E-state index is 0.0612. The third-order valence-electron chi connectivity index (χ3n) is 3.67. The summed E-state index contributed by atoms with van der Waals surface area (Å²) in [5, 5.41) is 0. The summed E-state index contributed by atoms with van der Waals surface area (Å²) in [5.41, 5.74) is 0.551. The van der Waals surface area contributed by atoms with Gasteiger partial charge >= 0.3 is 5.97 Å². The van der Waals surface area contributed by atoms with E-state index >= 15 is 0 Å². The van der Waals surface area contributed by atoms with Crippen LogP contribution in [-0.2, 0) is 9.53 Å². The molecule has 4 heteroatoms. The molecule has 0 bridgehead atoms. The highest BCUT2D eigenvalue weighted by Crippen LogP contribution is 2.29. The maximum absolute atomic E-state index is 12.7. The fourth-order valence-corrected chi connectivity index (χ4v) is 2.88. The fraction of sp³-hybridized carbons (Fsp3) is 0.412. The van der Waals surface area contributed by atoms with Crippen LogP contribution in [0.5, 0.6) is 0 Å². The first kappa shape index (κ1) is 16.0. The Kier molecular flexibility index (Phi) is 5.74. The van der Waals surface area contributed by atoms with Gasteiger partial charge in [0.2, 0.25) is 0 Å². The number of rotatable bonds is 5. The summed E-state index contributed by atoms with van der Waals surface area (Å²) < 4.78 is 6.03. The smallest absolute Gasteiger partial charge is 0.317 e. The van der Waals surface area contributed by atoms with Crippen LogP contribution in [0.15, 0.2) is 40.9 Å². The third kappa shape index (κ3) is 4.03. The SMILES string of the molecule is CCOC(=O)C(C(=O)c1ccc(Br)cc1)C1C=CCCC1. The number of allylic oxidation sites excluding steroid dienone is 2. The number of hydrogen-bond acceptors (Lipinski definition) is 3. The summed E-state index contributed by atoms with van der Waals surface area (Å²) in [7, 11) is 0. The number of ether oxygens (including phenoxy) is 1. The largest absolute Gasteiger partial charge is 0.465 e. The second-order valence-corrected chi connectivity index (χ2v) is 6.04. The molecule has 1 aromatic carbocycles. The molecule has 0 fully saturated rings. The minimum Gasteiger partial charge on any atom is -0.465 e. The molecule has 112 valence electrons. The van der Waals surface area contributed by atoms with E-state index in [1.165, 1.54) is 0 Å². The molecule has 0 aliphatic heterocycles. The van der Waals surface area contributed by atoms with Crippen LogP contribution in [0.25, 0.3) is 0 Å². The van der Waals surface area contributed by atoms with Crippen LogP contribution >= 0.6 is 15.9 Å². The van der Waals surface area contributed by atoms with E-state index in [4.69, 9.17) is 4.74 Å². The van der Waals surface area contributed by atoms with E-state index in [1.807, 2.05) is 18.2 Å². The molecule has 1 aliphatic rings. The average Bonchev–Trinajstić information content (AvgIpc) is 2.49. The lowest BCUT2D eigenvalue weighted by molar-refractivity contribution is -0.147. The molecule has 1 aromatic rings. The van der Waals surface area contributed by atoms with Crippen LogP contribution in [0.1, 0.15) is 36.5 Å². The predicted molar refractivity (Wildman–Crippen MR) is 85.1 cm³/mol. The summed E-state index contributed by atoms with van der Waals surface area (Å²) in [6.07, 6.45) is 6.91. The van der Waals surface area contributed by atoms with Crippen LogP contribution in [0, 0.1) is 11.8 Å². The van der Waals surface area contributed by atoms with Crippen molar-refractivity contribution >= 4 is 27.7 Å². The van der Waals surface area contributed by atoms with E-state index in [2.05, 4.69) is 22.0 Å². The van der Waals surface area contributed by atoms with Gasteiger partial charge in [-0.05, 0) is 44.2 Å². The third-order valence-corrected chi connectivity index (χ3v) is 4.20. The van der Waals surface area contributed by atoms with Gasteiger partial charge in [0.05, 0.1) is 6.61 Å². The van der Waals surface area contributed by atoms with E-state index in [9.17, 15) is 9.59 Å². The molecule has 0 aromatic heterocycles. The molecular weight excluding hydrogens is 332 g/mol. The maximum Gasteiger partial charge on any atom is 0.317 e.